The fraction of sp³-hybridized carbons (Fsp3) is 0.667. The number of nitrogens with zero attached hydrogens (tertiary/aromatic N) is 2. The minimum atomic E-state index is -0.608. The SMILES string of the molecule is O=[N+]([O-])c1ccc(CO[C@H]2CC3C4C5CC5C5C4C3C52)c([N+](=O)[O-])c1. The largest absolute Gasteiger partial charge is 0.373 e. The van der Waals surface area contributed by atoms with Crippen molar-refractivity contribution in [3.05, 3.63) is 44.0 Å². The van der Waals surface area contributed by atoms with Gasteiger partial charge in [0.2, 0.25) is 0 Å². The number of benzene rings is 1. The molecule has 0 aliphatic heterocycles. The highest BCUT2D eigenvalue weighted by atomic mass is 16.6. The lowest BCUT2D eigenvalue weighted by molar-refractivity contribution is -0.394. The highest BCUT2D eigenvalue weighted by molar-refractivity contribution is 5.48. The molecule has 25 heavy (non-hydrogen) atoms. The Kier molecular flexibility index (Phi) is 2.49. The van der Waals surface area contributed by atoms with E-state index < -0.39 is 9.85 Å². The average molecular weight is 342 g/mol. The summed E-state index contributed by atoms with van der Waals surface area (Å²) in [5, 5.41) is 22.1. The number of hydrogen-bond donors (Lipinski definition) is 0. The summed E-state index contributed by atoms with van der Waals surface area (Å²) in [6.07, 6.45) is 2.75. The highest BCUT2D eigenvalue weighted by Crippen LogP contribution is 2.85. The molecule has 0 amide bonds. The van der Waals surface area contributed by atoms with Crippen molar-refractivity contribution >= 4 is 11.4 Å². The molecule has 0 bridgehead atoms. The molecule has 0 aromatic heterocycles. The Morgan fingerprint density at radius 3 is 2.44 bits per heavy atom. The summed E-state index contributed by atoms with van der Waals surface area (Å²) in [7, 11) is 0. The molecule has 0 spiro atoms. The predicted octanol–water partition coefficient (Wildman–Crippen LogP) is 3.17. The Balaban J connectivity index is 1.21. The van der Waals surface area contributed by atoms with Crippen molar-refractivity contribution in [2.24, 2.45) is 47.3 Å². The van der Waals surface area contributed by atoms with Gasteiger partial charge >= 0.3 is 0 Å². The molecule has 7 heteroatoms. The standard InChI is InChI=1S/C18H18N2O5/c21-19(22)8-2-1-7(12(3-8)20(23)24)6-25-13-5-11-14-9-4-10(9)15-17(13)16(11)18(14)15/h1-3,9-11,13-18H,4-6H2/t9?,10?,11?,13-,14?,15?,16?,17?,18?/m0/s1. The maximum atomic E-state index is 11.3. The van der Waals surface area contributed by atoms with Gasteiger partial charge in [0.15, 0.2) is 0 Å². The second-order valence-corrected chi connectivity index (χ2v) is 8.53. The van der Waals surface area contributed by atoms with E-state index in [1.165, 1.54) is 18.6 Å². The fourth-order valence-corrected chi connectivity index (χ4v) is 7.23. The molecule has 1 aromatic rings. The zero-order valence-corrected chi connectivity index (χ0v) is 13.5. The van der Waals surface area contributed by atoms with Gasteiger partial charge in [-0.25, -0.2) is 0 Å². The molecule has 5 fully saturated rings. The first-order valence-electron chi connectivity index (χ1n) is 9.09. The fourth-order valence-electron chi connectivity index (χ4n) is 7.23. The lowest BCUT2D eigenvalue weighted by Crippen LogP contribution is -2.59. The maximum Gasteiger partial charge on any atom is 0.281 e. The molecule has 0 heterocycles. The summed E-state index contributed by atoms with van der Waals surface area (Å²) in [5.41, 5.74) is -0.0427. The second kappa shape index (κ2) is 4.38. The molecule has 5 saturated carbocycles. The van der Waals surface area contributed by atoms with Crippen LogP contribution in [0.4, 0.5) is 11.4 Å². The second-order valence-electron chi connectivity index (χ2n) is 8.53. The van der Waals surface area contributed by atoms with Crippen LogP contribution in [0.15, 0.2) is 18.2 Å². The Morgan fingerprint density at radius 1 is 0.920 bits per heavy atom. The molecular formula is C18H18N2O5. The van der Waals surface area contributed by atoms with E-state index in [2.05, 4.69) is 0 Å². The summed E-state index contributed by atoms with van der Waals surface area (Å²) in [6.45, 7) is 0.172. The van der Waals surface area contributed by atoms with E-state index in [0.29, 0.717) is 11.5 Å². The van der Waals surface area contributed by atoms with Gasteiger partial charge in [0, 0.05) is 6.07 Å². The number of hydrogen-bond acceptors (Lipinski definition) is 5. The number of rotatable bonds is 5. The molecule has 7 nitrogen and oxygen atoms in total. The van der Waals surface area contributed by atoms with Crippen LogP contribution < -0.4 is 0 Å². The van der Waals surface area contributed by atoms with E-state index in [0.717, 1.165) is 53.9 Å². The van der Waals surface area contributed by atoms with Crippen LogP contribution in [0.25, 0.3) is 0 Å². The summed E-state index contributed by atoms with van der Waals surface area (Å²) in [4.78, 5) is 20.9. The van der Waals surface area contributed by atoms with Crippen LogP contribution in [0.5, 0.6) is 0 Å². The zero-order chi connectivity index (χ0) is 17.0. The lowest BCUT2D eigenvalue weighted by Gasteiger charge is -2.61. The van der Waals surface area contributed by atoms with Crippen molar-refractivity contribution in [1.29, 1.82) is 0 Å². The van der Waals surface area contributed by atoms with Crippen LogP contribution >= 0.6 is 0 Å². The Labute approximate surface area is 143 Å². The quantitative estimate of drug-likeness (QED) is 0.605. The van der Waals surface area contributed by atoms with Crippen LogP contribution in [-0.2, 0) is 11.3 Å². The van der Waals surface area contributed by atoms with Crippen molar-refractivity contribution in [2.75, 3.05) is 0 Å². The van der Waals surface area contributed by atoms with Gasteiger partial charge in [0.25, 0.3) is 11.4 Å². The number of ether oxygens (including phenoxy) is 1. The third-order valence-corrected chi connectivity index (χ3v) is 7.95. The number of fused-ring (bicyclic) bond motifs is 5. The van der Waals surface area contributed by atoms with E-state index in [9.17, 15) is 20.2 Å². The van der Waals surface area contributed by atoms with Crippen LogP contribution in [0.2, 0.25) is 0 Å². The van der Waals surface area contributed by atoms with Gasteiger partial charge in [0.1, 0.15) is 0 Å². The summed E-state index contributed by atoms with van der Waals surface area (Å²) in [6, 6.07) is 3.82. The highest BCUT2D eigenvalue weighted by Gasteiger charge is 2.82. The van der Waals surface area contributed by atoms with E-state index in [4.69, 9.17) is 4.74 Å². The van der Waals surface area contributed by atoms with Gasteiger partial charge < -0.3 is 4.74 Å². The van der Waals surface area contributed by atoms with Crippen molar-refractivity contribution in [1.82, 2.24) is 0 Å². The third-order valence-electron chi connectivity index (χ3n) is 7.95. The molecule has 0 saturated heterocycles. The van der Waals surface area contributed by atoms with Crippen LogP contribution in [-0.4, -0.2) is 16.0 Å². The van der Waals surface area contributed by atoms with Gasteiger partial charge in [0.05, 0.1) is 34.2 Å². The molecular weight excluding hydrogens is 324 g/mol. The zero-order valence-electron chi connectivity index (χ0n) is 13.5. The predicted molar refractivity (Wildman–Crippen MR) is 85.5 cm³/mol. The Morgan fingerprint density at radius 2 is 1.68 bits per heavy atom. The van der Waals surface area contributed by atoms with Crippen LogP contribution in [0.1, 0.15) is 18.4 Å². The van der Waals surface area contributed by atoms with Crippen LogP contribution in [0.3, 0.4) is 0 Å². The van der Waals surface area contributed by atoms with Crippen molar-refractivity contribution < 1.29 is 14.6 Å². The first-order chi connectivity index (χ1) is 12.1. The van der Waals surface area contributed by atoms with Gasteiger partial charge in [-0.2, -0.15) is 0 Å². The minimum absolute atomic E-state index is 0.172. The monoisotopic (exact) mass is 342 g/mol. The van der Waals surface area contributed by atoms with Gasteiger partial charge in [-0.05, 0) is 66.3 Å². The molecule has 0 radical (unpaired) electrons. The first-order valence-corrected chi connectivity index (χ1v) is 9.09. The number of non-ortho nitro benzene ring substituents is 1. The Hall–Kier alpha value is -2.02. The first kappa shape index (κ1) is 14.2. The van der Waals surface area contributed by atoms with Crippen molar-refractivity contribution in [3.8, 4) is 0 Å². The molecule has 130 valence electrons. The maximum absolute atomic E-state index is 11.3. The van der Waals surface area contributed by atoms with Gasteiger partial charge in [-0.15, -0.1) is 0 Å². The summed E-state index contributed by atoms with van der Waals surface area (Å²) >= 11 is 0. The Bertz CT molecular complexity index is 826. The number of nitro benzene ring substituents is 2. The summed E-state index contributed by atoms with van der Waals surface area (Å²) in [5.74, 6) is 7.11. The average Bonchev–Trinajstić information content (AvgIpc) is 3.24. The lowest BCUT2D eigenvalue weighted by atomic mass is 9.43. The van der Waals surface area contributed by atoms with Crippen LogP contribution in [0, 0.1) is 67.6 Å². The molecule has 5 aliphatic carbocycles. The van der Waals surface area contributed by atoms with E-state index >= 15 is 0 Å². The normalized spacial score (nSPS) is 46.6. The van der Waals surface area contributed by atoms with Crippen molar-refractivity contribution in [2.45, 2.75) is 25.6 Å². The smallest absolute Gasteiger partial charge is 0.281 e. The topological polar surface area (TPSA) is 95.5 Å². The van der Waals surface area contributed by atoms with E-state index in [1.54, 1.807) is 0 Å². The molecule has 6 rings (SSSR count). The molecule has 0 N–H and O–H groups in total. The van der Waals surface area contributed by atoms with E-state index in [-0.39, 0.29) is 24.1 Å². The minimum Gasteiger partial charge on any atom is -0.373 e. The molecule has 5 aliphatic rings. The van der Waals surface area contributed by atoms with Gasteiger partial charge in [-0.1, -0.05) is 0 Å². The number of nitro groups is 2. The third kappa shape index (κ3) is 1.60. The molecule has 8 unspecified atom stereocenters. The van der Waals surface area contributed by atoms with Crippen molar-refractivity contribution in [3.63, 3.8) is 0 Å². The summed E-state index contributed by atoms with van der Waals surface area (Å²) < 4.78 is 6.16. The molecule has 1 aromatic carbocycles. The van der Waals surface area contributed by atoms with E-state index in [1.807, 2.05) is 0 Å². The molecule has 9 atom stereocenters. The van der Waals surface area contributed by atoms with Gasteiger partial charge in [-0.3, -0.25) is 20.2 Å².